The molecule has 1 aromatic heterocycles. The van der Waals surface area contributed by atoms with Crippen molar-refractivity contribution in [2.45, 2.75) is 32.4 Å². The Kier molecular flexibility index (Phi) is 8.28. The molecule has 0 bridgehead atoms. The monoisotopic (exact) mass is 636 g/mol. The number of hydrogen-bond acceptors (Lipinski definition) is 6. The molecule has 2 heterocycles. The van der Waals surface area contributed by atoms with Gasteiger partial charge >= 0.3 is 0 Å². The van der Waals surface area contributed by atoms with Crippen molar-refractivity contribution in [3.05, 3.63) is 75.5 Å². The van der Waals surface area contributed by atoms with E-state index in [4.69, 9.17) is 32.7 Å². The number of amides is 1. The summed E-state index contributed by atoms with van der Waals surface area (Å²) < 4.78 is 14.5. The average molecular weight is 638 g/mol. The van der Waals surface area contributed by atoms with Crippen LogP contribution in [0.3, 0.4) is 0 Å². The van der Waals surface area contributed by atoms with Crippen LogP contribution in [0.5, 0.6) is 11.5 Å². The van der Waals surface area contributed by atoms with Crippen LogP contribution in [-0.2, 0) is 22.7 Å². The van der Waals surface area contributed by atoms with Crippen LogP contribution in [0.25, 0.3) is 12.2 Å². The highest BCUT2D eigenvalue weighted by Gasteiger charge is 2.28. The van der Waals surface area contributed by atoms with Crippen LogP contribution < -0.4 is 29.5 Å². The van der Waals surface area contributed by atoms with Crippen LogP contribution in [0, 0.1) is 5.92 Å². The van der Waals surface area contributed by atoms with Gasteiger partial charge in [-0.3, -0.25) is 19.0 Å². The average Bonchev–Trinajstić information content (AvgIpc) is 3.70. The molecule has 2 aromatic carbocycles. The Balaban J connectivity index is 1.46. The standard InChI is InChI=1S/C27H23BrCl2N2O5S/c28-19-8-15(9-22-26(19)37-7-1-6-36-22)10-23-27(35)32(25(38-23)12-21(33)16-2-3-16)14-24(34)31-13-17-4-5-18(29)11-20(17)30/h4-5,8-12,16H,1-3,6-7,13-14H2,(H,31,34)/b23-10-,25-12+. The Morgan fingerprint density at radius 2 is 1.95 bits per heavy atom. The van der Waals surface area contributed by atoms with Gasteiger partial charge in [-0.05, 0) is 70.2 Å². The molecule has 0 spiro atoms. The molecule has 1 N–H and O–H groups in total. The lowest BCUT2D eigenvalue weighted by molar-refractivity contribution is -0.122. The predicted octanol–water partition coefficient (Wildman–Crippen LogP) is 4.05. The zero-order valence-corrected chi connectivity index (χ0v) is 24.0. The van der Waals surface area contributed by atoms with Crippen molar-refractivity contribution in [1.82, 2.24) is 9.88 Å². The molecule has 3 aromatic rings. The van der Waals surface area contributed by atoms with Crippen molar-refractivity contribution < 1.29 is 19.1 Å². The zero-order valence-electron chi connectivity index (χ0n) is 20.1. The number of halogens is 3. The van der Waals surface area contributed by atoms with Crippen molar-refractivity contribution in [3.63, 3.8) is 0 Å². The molecule has 198 valence electrons. The van der Waals surface area contributed by atoms with E-state index in [0.717, 1.165) is 29.3 Å². The second kappa shape index (κ2) is 11.7. The van der Waals surface area contributed by atoms with Crippen LogP contribution in [0.1, 0.15) is 30.4 Å². The molecule has 2 aliphatic rings. The zero-order chi connectivity index (χ0) is 26.8. The van der Waals surface area contributed by atoms with Crippen molar-refractivity contribution in [2.75, 3.05) is 13.2 Å². The van der Waals surface area contributed by atoms with E-state index in [1.54, 1.807) is 24.3 Å². The van der Waals surface area contributed by atoms with Crippen molar-refractivity contribution in [3.8, 4) is 11.5 Å². The lowest BCUT2D eigenvalue weighted by atomic mass is 10.2. The van der Waals surface area contributed by atoms with Crippen LogP contribution in [-0.4, -0.2) is 29.5 Å². The van der Waals surface area contributed by atoms with Crippen LogP contribution in [0.4, 0.5) is 0 Å². The molecular formula is C27H23BrCl2N2O5S. The summed E-state index contributed by atoms with van der Waals surface area (Å²) in [6.45, 7) is 1.04. The van der Waals surface area contributed by atoms with E-state index >= 15 is 0 Å². The maximum absolute atomic E-state index is 13.4. The number of rotatable bonds is 7. The fourth-order valence-corrected chi connectivity index (χ4v) is 6.04. The summed E-state index contributed by atoms with van der Waals surface area (Å²) in [7, 11) is 0. The van der Waals surface area contributed by atoms with Crippen LogP contribution >= 0.6 is 50.5 Å². The number of Topliss-reactive ketones (excluding diaryl/α,β-unsaturated/α-hetero) is 1. The number of carbonyl (C=O) groups is 2. The molecule has 0 radical (unpaired) electrons. The van der Waals surface area contributed by atoms with Gasteiger partial charge < -0.3 is 14.8 Å². The molecule has 38 heavy (non-hydrogen) atoms. The number of carbonyl (C=O) groups excluding carboxylic acids is 2. The largest absolute Gasteiger partial charge is 0.489 e. The van der Waals surface area contributed by atoms with Gasteiger partial charge in [0.2, 0.25) is 5.91 Å². The fourth-order valence-electron chi connectivity index (χ4n) is 3.94. The highest BCUT2D eigenvalue weighted by molar-refractivity contribution is 9.10. The number of hydrogen-bond donors (Lipinski definition) is 1. The van der Waals surface area contributed by atoms with Gasteiger partial charge in [0.25, 0.3) is 5.56 Å². The van der Waals surface area contributed by atoms with E-state index in [2.05, 4.69) is 21.2 Å². The minimum atomic E-state index is -0.380. The van der Waals surface area contributed by atoms with E-state index in [1.165, 1.54) is 22.0 Å². The quantitative estimate of drug-likeness (QED) is 0.423. The third-order valence-corrected chi connectivity index (χ3v) is 8.33. The number of fused-ring (bicyclic) bond motifs is 1. The number of thiazole rings is 1. The molecule has 5 rings (SSSR count). The van der Waals surface area contributed by atoms with Gasteiger partial charge in [-0.1, -0.05) is 29.3 Å². The fraction of sp³-hybridized carbons (Fsp3) is 0.296. The Morgan fingerprint density at radius 1 is 1.16 bits per heavy atom. The Labute approximate surface area is 240 Å². The van der Waals surface area contributed by atoms with Crippen molar-refractivity contribution in [1.29, 1.82) is 0 Å². The third-order valence-electron chi connectivity index (χ3n) is 6.10. The Hall–Kier alpha value is -2.59. The maximum atomic E-state index is 13.4. The van der Waals surface area contributed by atoms with Crippen molar-refractivity contribution >= 4 is 74.3 Å². The molecule has 0 unspecified atom stereocenters. The Morgan fingerprint density at radius 3 is 2.71 bits per heavy atom. The van der Waals surface area contributed by atoms with Gasteiger partial charge in [-0.15, -0.1) is 11.3 Å². The van der Waals surface area contributed by atoms with Crippen LogP contribution in [0.15, 0.2) is 39.6 Å². The number of nitrogens with zero attached hydrogens (tertiary/aromatic N) is 1. The molecule has 11 heteroatoms. The first kappa shape index (κ1) is 27.0. The van der Waals surface area contributed by atoms with Crippen LogP contribution in [0.2, 0.25) is 10.0 Å². The first-order chi connectivity index (χ1) is 18.3. The van der Waals surface area contributed by atoms with Gasteiger partial charge in [-0.2, -0.15) is 0 Å². The number of benzene rings is 2. The molecule has 1 aliphatic heterocycles. The van der Waals surface area contributed by atoms with Crippen molar-refractivity contribution in [2.24, 2.45) is 5.92 Å². The number of ketones is 1. The number of aromatic nitrogens is 1. The van der Waals surface area contributed by atoms with Gasteiger partial charge in [0.15, 0.2) is 17.3 Å². The van der Waals surface area contributed by atoms with E-state index in [-0.39, 0.29) is 36.3 Å². The SMILES string of the molecule is O=C(Cn1c(=O)/c(=C/c2cc(Br)c3c(c2)OCCCO3)s/c1=C/C(=O)C1CC1)NCc1ccc(Cl)cc1Cl. The topological polar surface area (TPSA) is 86.6 Å². The van der Waals surface area contributed by atoms with Gasteiger partial charge in [0, 0.05) is 35.0 Å². The van der Waals surface area contributed by atoms with E-state index in [0.29, 0.717) is 49.5 Å². The second-order valence-corrected chi connectivity index (χ2v) is 11.8. The summed E-state index contributed by atoms with van der Waals surface area (Å²) in [5.41, 5.74) is 1.08. The first-order valence-corrected chi connectivity index (χ1v) is 14.4. The second-order valence-electron chi connectivity index (χ2n) is 9.05. The summed E-state index contributed by atoms with van der Waals surface area (Å²) in [6.07, 6.45) is 5.67. The molecule has 1 amide bonds. The normalized spacial score (nSPS) is 15.9. The van der Waals surface area contributed by atoms with Gasteiger partial charge in [-0.25, -0.2) is 0 Å². The number of nitrogens with one attached hydrogen (secondary N) is 1. The lowest BCUT2D eigenvalue weighted by Gasteiger charge is -2.10. The Bertz CT molecular complexity index is 1600. The van der Waals surface area contributed by atoms with Gasteiger partial charge in [0.1, 0.15) is 11.2 Å². The molecule has 7 nitrogen and oxygen atoms in total. The highest BCUT2D eigenvalue weighted by atomic mass is 79.9. The summed E-state index contributed by atoms with van der Waals surface area (Å²) in [5.74, 6) is 0.805. The van der Waals surface area contributed by atoms with Gasteiger partial charge in [0.05, 0.1) is 22.2 Å². The molecule has 1 fully saturated rings. The van der Waals surface area contributed by atoms with E-state index in [9.17, 15) is 14.4 Å². The summed E-state index contributed by atoms with van der Waals surface area (Å²) in [5, 5.41) is 3.73. The predicted molar refractivity (Wildman–Crippen MR) is 152 cm³/mol. The number of ether oxygens (including phenoxy) is 2. The highest BCUT2D eigenvalue weighted by Crippen LogP contribution is 2.38. The third kappa shape index (κ3) is 6.34. The minimum absolute atomic E-state index is 0.00774. The summed E-state index contributed by atoms with van der Waals surface area (Å²) in [6, 6.07) is 8.68. The smallest absolute Gasteiger partial charge is 0.269 e. The summed E-state index contributed by atoms with van der Waals surface area (Å²) in [4.78, 5) is 38.8. The lowest BCUT2D eigenvalue weighted by Crippen LogP contribution is -2.38. The summed E-state index contributed by atoms with van der Waals surface area (Å²) >= 11 is 16.9. The van der Waals surface area contributed by atoms with E-state index in [1.807, 2.05) is 12.1 Å². The molecular weight excluding hydrogens is 615 g/mol. The molecule has 1 aliphatic carbocycles. The molecule has 0 atom stereocenters. The van der Waals surface area contributed by atoms with E-state index < -0.39 is 0 Å². The minimum Gasteiger partial charge on any atom is -0.489 e. The molecule has 0 saturated heterocycles. The first-order valence-electron chi connectivity index (χ1n) is 12.0. The molecule has 1 saturated carbocycles. The maximum Gasteiger partial charge on any atom is 0.269 e.